The molecule has 1 aromatic rings. The van der Waals surface area contributed by atoms with Gasteiger partial charge in [-0.3, -0.25) is 10.1 Å². The standard InChI is InChI=1S/C11H13N3O3/c1-2-10(15)7-13-9-4-3-8(6-12)11(5-9)14(16)17/h3-5,10,13,15H,2,7H2,1H3. The van der Waals surface area contributed by atoms with Crippen LogP contribution in [0.1, 0.15) is 18.9 Å². The van der Waals surface area contributed by atoms with Gasteiger partial charge in [-0.2, -0.15) is 5.26 Å². The van der Waals surface area contributed by atoms with Crippen LogP contribution in [0.3, 0.4) is 0 Å². The fourth-order valence-corrected chi connectivity index (χ4v) is 1.27. The van der Waals surface area contributed by atoms with Crippen LogP contribution in [-0.2, 0) is 0 Å². The van der Waals surface area contributed by atoms with Crippen LogP contribution < -0.4 is 5.32 Å². The van der Waals surface area contributed by atoms with Gasteiger partial charge in [0.25, 0.3) is 5.69 Å². The lowest BCUT2D eigenvalue weighted by Crippen LogP contribution is -2.18. The predicted octanol–water partition coefficient (Wildman–Crippen LogP) is 1.65. The average Bonchev–Trinajstić information content (AvgIpc) is 2.35. The molecule has 0 heterocycles. The number of nitrogens with one attached hydrogen (secondary N) is 1. The minimum Gasteiger partial charge on any atom is -0.391 e. The monoisotopic (exact) mass is 235 g/mol. The van der Waals surface area contributed by atoms with Crippen molar-refractivity contribution < 1.29 is 10.0 Å². The summed E-state index contributed by atoms with van der Waals surface area (Å²) in [6.45, 7) is 2.16. The van der Waals surface area contributed by atoms with E-state index in [1.807, 2.05) is 6.92 Å². The SMILES string of the molecule is CCC(O)CNc1ccc(C#N)c([N+](=O)[O-])c1. The molecule has 0 saturated heterocycles. The molecule has 0 bridgehead atoms. The third kappa shape index (κ3) is 3.43. The number of nitrogens with zero attached hydrogens (tertiary/aromatic N) is 2. The summed E-state index contributed by atoms with van der Waals surface area (Å²) in [7, 11) is 0. The molecule has 0 spiro atoms. The molecule has 90 valence electrons. The van der Waals surface area contributed by atoms with Crippen molar-refractivity contribution in [3.8, 4) is 6.07 Å². The maximum atomic E-state index is 10.7. The van der Waals surface area contributed by atoms with Crippen molar-refractivity contribution >= 4 is 11.4 Å². The Balaban J connectivity index is 2.86. The first-order valence-corrected chi connectivity index (χ1v) is 5.19. The molecule has 1 aromatic carbocycles. The highest BCUT2D eigenvalue weighted by Gasteiger charge is 2.14. The Morgan fingerprint density at radius 3 is 2.88 bits per heavy atom. The van der Waals surface area contributed by atoms with E-state index in [9.17, 15) is 15.2 Å². The van der Waals surface area contributed by atoms with E-state index in [0.717, 1.165) is 0 Å². The van der Waals surface area contributed by atoms with Crippen molar-refractivity contribution in [2.75, 3.05) is 11.9 Å². The van der Waals surface area contributed by atoms with E-state index in [1.165, 1.54) is 12.1 Å². The van der Waals surface area contributed by atoms with Crippen LogP contribution in [0.15, 0.2) is 18.2 Å². The van der Waals surface area contributed by atoms with Gasteiger partial charge in [0, 0.05) is 18.3 Å². The Kier molecular flexibility index (Phi) is 4.43. The lowest BCUT2D eigenvalue weighted by molar-refractivity contribution is -0.385. The first kappa shape index (κ1) is 12.9. The summed E-state index contributed by atoms with van der Waals surface area (Å²) >= 11 is 0. The molecule has 0 amide bonds. The number of hydrogen-bond donors (Lipinski definition) is 2. The minimum atomic E-state index is -0.597. The number of aliphatic hydroxyl groups is 1. The third-order valence-electron chi connectivity index (χ3n) is 2.33. The van der Waals surface area contributed by atoms with Gasteiger partial charge in [-0.25, -0.2) is 0 Å². The maximum absolute atomic E-state index is 10.7. The fraction of sp³-hybridized carbons (Fsp3) is 0.364. The van der Waals surface area contributed by atoms with Gasteiger partial charge in [0.1, 0.15) is 11.6 Å². The highest BCUT2D eigenvalue weighted by molar-refractivity contribution is 5.59. The van der Waals surface area contributed by atoms with Crippen LogP contribution in [0.2, 0.25) is 0 Å². The van der Waals surface area contributed by atoms with Crippen molar-refractivity contribution in [3.63, 3.8) is 0 Å². The summed E-state index contributed by atoms with van der Waals surface area (Å²) in [6.07, 6.45) is 0.107. The average molecular weight is 235 g/mol. The zero-order valence-electron chi connectivity index (χ0n) is 9.38. The summed E-state index contributed by atoms with van der Waals surface area (Å²) in [5.74, 6) is 0. The molecule has 1 unspecified atom stereocenters. The van der Waals surface area contributed by atoms with Crippen molar-refractivity contribution in [1.29, 1.82) is 5.26 Å². The van der Waals surface area contributed by atoms with Crippen molar-refractivity contribution in [3.05, 3.63) is 33.9 Å². The second kappa shape index (κ2) is 5.82. The molecule has 6 heteroatoms. The molecule has 0 aromatic heterocycles. The molecule has 6 nitrogen and oxygen atoms in total. The van der Waals surface area contributed by atoms with E-state index in [0.29, 0.717) is 18.7 Å². The van der Waals surface area contributed by atoms with E-state index in [1.54, 1.807) is 12.1 Å². The number of rotatable bonds is 5. The Labute approximate surface area is 98.6 Å². The fourth-order valence-electron chi connectivity index (χ4n) is 1.27. The Morgan fingerprint density at radius 1 is 1.65 bits per heavy atom. The molecular weight excluding hydrogens is 222 g/mol. The number of nitro benzene ring substituents is 1. The Hall–Kier alpha value is -2.13. The largest absolute Gasteiger partial charge is 0.391 e. The molecule has 0 aliphatic carbocycles. The van der Waals surface area contributed by atoms with Crippen LogP contribution in [0, 0.1) is 21.4 Å². The second-order valence-corrected chi connectivity index (χ2v) is 3.54. The van der Waals surface area contributed by atoms with E-state index in [-0.39, 0.29) is 11.3 Å². The van der Waals surface area contributed by atoms with Crippen molar-refractivity contribution in [1.82, 2.24) is 0 Å². The van der Waals surface area contributed by atoms with Crippen LogP contribution in [0.25, 0.3) is 0 Å². The predicted molar refractivity (Wildman–Crippen MR) is 62.6 cm³/mol. The van der Waals surface area contributed by atoms with Gasteiger partial charge in [0.15, 0.2) is 0 Å². The number of hydrogen-bond acceptors (Lipinski definition) is 5. The van der Waals surface area contributed by atoms with Gasteiger partial charge in [0.05, 0.1) is 11.0 Å². The van der Waals surface area contributed by atoms with Crippen LogP contribution in [-0.4, -0.2) is 22.7 Å². The smallest absolute Gasteiger partial charge is 0.289 e. The van der Waals surface area contributed by atoms with E-state index >= 15 is 0 Å². The zero-order valence-corrected chi connectivity index (χ0v) is 9.38. The van der Waals surface area contributed by atoms with Gasteiger partial charge in [-0.15, -0.1) is 0 Å². The number of nitriles is 1. The highest BCUT2D eigenvalue weighted by Crippen LogP contribution is 2.22. The number of aliphatic hydroxyl groups excluding tert-OH is 1. The molecule has 0 radical (unpaired) electrons. The lowest BCUT2D eigenvalue weighted by atomic mass is 10.1. The first-order valence-electron chi connectivity index (χ1n) is 5.19. The maximum Gasteiger partial charge on any atom is 0.289 e. The zero-order chi connectivity index (χ0) is 12.8. The number of benzene rings is 1. The van der Waals surface area contributed by atoms with Crippen LogP contribution in [0.4, 0.5) is 11.4 Å². The first-order chi connectivity index (χ1) is 8.08. The molecule has 0 aliphatic rings. The van der Waals surface area contributed by atoms with Gasteiger partial charge in [0.2, 0.25) is 0 Å². The summed E-state index contributed by atoms with van der Waals surface area (Å²) in [5.41, 5.74) is 0.309. The Bertz CT molecular complexity index is 454. The van der Waals surface area contributed by atoms with Gasteiger partial charge < -0.3 is 10.4 Å². The molecular formula is C11H13N3O3. The lowest BCUT2D eigenvalue weighted by Gasteiger charge is -2.10. The molecule has 2 N–H and O–H groups in total. The van der Waals surface area contributed by atoms with Crippen molar-refractivity contribution in [2.24, 2.45) is 0 Å². The normalized spacial score (nSPS) is 11.6. The van der Waals surface area contributed by atoms with Crippen LogP contribution >= 0.6 is 0 Å². The summed E-state index contributed by atoms with van der Waals surface area (Å²) in [5, 5.41) is 31.6. The molecule has 0 saturated carbocycles. The summed E-state index contributed by atoms with van der Waals surface area (Å²) < 4.78 is 0. The van der Waals surface area contributed by atoms with Gasteiger partial charge >= 0.3 is 0 Å². The second-order valence-electron chi connectivity index (χ2n) is 3.54. The van der Waals surface area contributed by atoms with Gasteiger partial charge in [-0.05, 0) is 18.6 Å². The Morgan fingerprint density at radius 2 is 2.35 bits per heavy atom. The molecule has 0 fully saturated rings. The highest BCUT2D eigenvalue weighted by atomic mass is 16.6. The minimum absolute atomic E-state index is 0.0246. The summed E-state index contributed by atoms with van der Waals surface area (Å²) in [4.78, 5) is 10.1. The molecule has 0 aliphatic heterocycles. The van der Waals surface area contributed by atoms with Crippen molar-refractivity contribution in [2.45, 2.75) is 19.4 Å². The third-order valence-corrected chi connectivity index (χ3v) is 2.33. The number of anilines is 1. The van der Waals surface area contributed by atoms with E-state index in [2.05, 4.69) is 5.32 Å². The van der Waals surface area contributed by atoms with E-state index < -0.39 is 11.0 Å². The molecule has 1 rings (SSSR count). The topological polar surface area (TPSA) is 99.2 Å². The summed E-state index contributed by atoms with van der Waals surface area (Å²) in [6, 6.07) is 6.02. The quantitative estimate of drug-likeness (QED) is 0.597. The molecule has 17 heavy (non-hydrogen) atoms. The van der Waals surface area contributed by atoms with Crippen LogP contribution in [0.5, 0.6) is 0 Å². The molecule has 1 atom stereocenters. The van der Waals surface area contributed by atoms with E-state index in [4.69, 9.17) is 5.26 Å². The van der Waals surface area contributed by atoms with Gasteiger partial charge in [-0.1, -0.05) is 6.92 Å². The number of nitro groups is 1.